The van der Waals surface area contributed by atoms with E-state index in [0.717, 1.165) is 16.7 Å². The highest BCUT2D eigenvalue weighted by atomic mass is 16.3. The van der Waals surface area contributed by atoms with Crippen LogP contribution in [0.15, 0.2) is 24.8 Å². The number of nitrogens with one attached hydrogen (secondary N) is 2. The van der Waals surface area contributed by atoms with Crippen molar-refractivity contribution >= 4 is 11.9 Å². The van der Waals surface area contributed by atoms with Gasteiger partial charge in [-0.15, -0.1) is 6.58 Å². The maximum Gasteiger partial charge on any atom is 0.322 e. The van der Waals surface area contributed by atoms with Crippen molar-refractivity contribution in [2.45, 2.75) is 51.5 Å². The lowest BCUT2D eigenvalue weighted by Crippen LogP contribution is -2.45. The van der Waals surface area contributed by atoms with E-state index in [1.807, 2.05) is 39.8 Å². The second-order valence-corrected chi connectivity index (χ2v) is 7.14. The molecule has 1 unspecified atom stereocenters. The number of benzene rings is 1. The van der Waals surface area contributed by atoms with Crippen LogP contribution in [0.3, 0.4) is 0 Å². The Labute approximate surface area is 136 Å². The quantitative estimate of drug-likeness (QED) is 0.590. The molecule has 1 fully saturated rings. The van der Waals surface area contributed by atoms with E-state index < -0.39 is 11.6 Å². The zero-order valence-corrected chi connectivity index (χ0v) is 14.1. The summed E-state index contributed by atoms with van der Waals surface area (Å²) in [5.74, 6) is -0.0596. The van der Waals surface area contributed by atoms with E-state index in [9.17, 15) is 14.7 Å². The highest BCUT2D eigenvalue weighted by Gasteiger charge is 2.43. The average Bonchev–Trinajstić information content (AvgIpc) is 2.73. The van der Waals surface area contributed by atoms with Crippen LogP contribution in [0.25, 0.3) is 0 Å². The number of hydrogen-bond donors (Lipinski definition) is 3. The summed E-state index contributed by atoms with van der Waals surface area (Å²) in [6.07, 6.45) is 2.48. The second kappa shape index (κ2) is 5.72. The number of hydrogen-bond acceptors (Lipinski definition) is 3. The van der Waals surface area contributed by atoms with E-state index >= 15 is 0 Å². The van der Waals surface area contributed by atoms with Crippen molar-refractivity contribution in [1.29, 1.82) is 0 Å². The van der Waals surface area contributed by atoms with Crippen LogP contribution in [0.2, 0.25) is 0 Å². The van der Waals surface area contributed by atoms with Gasteiger partial charge in [-0.1, -0.05) is 39.0 Å². The Morgan fingerprint density at radius 3 is 2.43 bits per heavy atom. The first-order valence-corrected chi connectivity index (χ1v) is 7.69. The second-order valence-electron chi connectivity index (χ2n) is 7.14. The van der Waals surface area contributed by atoms with E-state index in [4.69, 9.17) is 0 Å². The number of imide groups is 1. The van der Waals surface area contributed by atoms with Crippen LogP contribution < -0.4 is 10.6 Å². The van der Waals surface area contributed by atoms with Crippen molar-refractivity contribution in [2.24, 2.45) is 0 Å². The van der Waals surface area contributed by atoms with Gasteiger partial charge < -0.3 is 10.4 Å². The first-order valence-electron chi connectivity index (χ1n) is 7.69. The van der Waals surface area contributed by atoms with Crippen LogP contribution >= 0.6 is 0 Å². The molecule has 0 aliphatic carbocycles. The summed E-state index contributed by atoms with van der Waals surface area (Å²) in [6.45, 7) is 11.7. The summed E-state index contributed by atoms with van der Waals surface area (Å²) in [4.78, 5) is 23.4. The topological polar surface area (TPSA) is 78.4 Å². The largest absolute Gasteiger partial charge is 0.507 e. The Morgan fingerprint density at radius 1 is 1.30 bits per heavy atom. The fourth-order valence-corrected chi connectivity index (χ4v) is 2.84. The van der Waals surface area contributed by atoms with Gasteiger partial charge in [0.1, 0.15) is 11.3 Å². The number of urea groups is 1. The lowest BCUT2D eigenvalue weighted by Gasteiger charge is -2.24. The van der Waals surface area contributed by atoms with Gasteiger partial charge in [0.05, 0.1) is 0 Å². The number of carbonyl (C=O) groups is 2. The molecule has 1 aromatic carbocycles. The van der Waals surface area contributed by atoms with E-state index in [0.29, 0.717) is 18.6 Å². The van der Waals surface area contributed by atoms with Crippen molar-refractivity contribution in [3.63, 3.8) is 0 Å². The zero-order chi connectivity index (χ0) is 17.4. The van der Waals surface area contributed by atoms with Gasteiger partial charge in [0.15, 0.2) is 0 Å². The molecule has 5 nitrogen and oxygen atoms in total. The van der Waals surface area contributed by atoms with E-state index in [1.54, 1.807) is 0 Å². The molecule has 0 saturated carbocycles. The minimum absolute atomic E-state index is 0.181. The summed E-state index contributed by atoms with van der Waals surface area (Å²) in [5.41, 5.74) is 1.45. The van der Waals surface area contributed by atoms with Gasteiger partial charge in [0, 0.05) is 0 Å². The number of phenolic OH excluding ortho intramolecular Hbond substituents is 1. The molecule has 5 heteroatoms. The maximum atomic E-state index is 12.0. The Hall–Kier alpha value is -2.30. The fraction of sp³-hybridized carbons (Fsp3) is 0.444. The predicted octanol–water partition coefficient (Wildman–Crippen LogP) is 2.69. The molecule has 23 heavy (non-hydrogen) atoms. The smallest absolute Gasteiger partial charge is 0.322 e. The molecule has 1 atom stereocenters. The molecule has 0 spiro atoms. The van der Waals surface area contributed by atoms with Gasteiger partial charge >= 0.3 is 6.03 Å². The summed E-state index contributed by atoms with van der Waals surface area (Å²) in [7, 11) is 0. The fourth-order valence-electron chi connectivity index (χ4n) is 2.84. The SMILES string of the molecule is C=CC1(CCc2cc(C)c(O)c(C(C)(C)C)c2)NC(=O)NC1=O. The number of amides is 3. The molecular formula is C18H24N2O3. The number of phenols is 1. The summed E-state index contributed by atoms with van der Waals surface area (Å²) in [6, 6.07) is 3.39. The van der Waals surface area contributed by atoms with Crippen molar-refractivity contribution in [1.82, 2.24) is 10.6 Å². The Bertz CT molecular complexity index is 674. The molecule has 0 aromatic heterocycles. The minimum Gasteiger partial charge on any atom is -0.507 e. The highest BCUT2D eigenvalue weighted by Crippen LogP contribution is 2.34. The van der Waals surface area contributed by atoms with E-state index in [2.05, 4.69) is 17.2 Å². The Kier molecular flexibility index (Phi) is 4.24. The predicted molar refractivity (Wildman–Crippen MR) is 89.5 cm³/mol. The normalized spacial score (nSPS) is 21.0. The third-order valence-electron chi connectivity index (χ3n) is 4.29. The van der Waals surface area contributed by atoms with Gasteiger partial charge in [-0.3, -0.25) is 10.1 Å². The van der Waals surface area contributed by atoms with Crippen molar-refractivity contribution in [2.75, 3.05) is 0 Å². The zero-order valence-electron chi connectivity index (χ0n) is 14.1. The first-order chi connectivity index (χ1) is 10.6. The third kappa shape index (κ3) is 3.23. The summed E-state index contributed by atoms with van der Waals surface area (Å²) in [5, 5.41) is 15.2. The van der Waals surface area contributed by atoms with Crippen molar-refractivity contribution < 1.29 is 14.7 Å². The molecule has 1 saturated heterocycles. The first kappa shape index (κ1) is 17.1. The van der Waals surface area contributed by atoms with Crippen LogP contribution in [0.1, 0.15) is 43.9 Å². The van der Waals surface area contributed by atoms with Gasteiger partial charge in [-0.05, 0) is 41.9 Å². The molecule has 1 aromatic rings. The number of rotatable bonds is 4. The molecule has 2 rings (SSSR count). The lowest BCUT2D eigenvalue weighted by atomic mass is 9.83. The Balaban J connectivity index is 2.28. The standard InChI is InChI=1S/C18H24N2O3/c1-6-18(15(22)19-16(23)20-18)8-7-12-9-11(2)14(21)13(10-12)17(3,4)5/h6,9-10,21H,1,7-8H2,2-5H3,(H2,19,20,22,23). The van der Waals surface area contributed by atoms with Crippen LogP contribution in [0.5, 0.6) is 5.75 Å². The molecule has 124 valence electrons. The van der Waals surface area contributed by atoms with Crippen LogP contribution in [-0.4, -0.2) is 22.6 Å². The van der Waals surface area contributed by atoms with Gasteiger partial charge in [0.2, 0.25) is 0 Å². The molecule has 0 bridgehead atoms. The molecule has 1 aliphatic rings. The molecule has 3 N–H and O–H groups in total. The third-order valence-corrected chi connectivity index (χ3v) is 4.29. The van der Waals surface area contributed by atoms with Crippen LogP contribution in [0, 0.1) is 6.92 Å². The number of aromatic hydroxyl groups is 1. The number of carbonyl (C=O) groups excluding carboxylic acids is 2. The molecule has 3 amide bonds. The molecular weight excluding hydrogens is 292 g/mol. The molecule has 1 aliphatic heterocycles. The number of aryl methyl sites for hydroxylation is 2. The maximum absolute atomic E-state index is 12.0. The van der Waals surface area contributed by atoms with Crippen LogP contribution in [-0.2, 0) is 16.6 Å². The summed E-state index contributed by atoms with van der Waals surface area (Å²) < 4.78 is 0. The highest BCUT2D eigenvalue weighted by molar-refractivity contribution is 6.08. The lowest BCUT2D eigenvalue weighted by molar-refractivity contribution is -0.122. The van der Waals surface area contributed by atoms with Gasteiger partial charge in [-0.2, -0.15) is 0 Å². The Morgan fingerprint density at radius 2 is 1.96 bits per heavy atom. The monoisotopic (exact) mass is 316 g/mol. The average molecular weight is 316 g/mol. The van der Waals surface area contributed by atoms with E-state index in [1.165, 1.54) is 6.08 Å². The van der Waals surface area contributed by atoms with Crippen molar-refractivity contribution in [3.8, 4) is 5.75 Å². The molecule has 1 heterocycles. The molecule has 0 radical (unpaired) electrons. The van der Waals surface area contributed by atoms with E-state index in [-0.39, 0.29) is 11.3 Å². The minimum atomic E-state index is -1.06. The van der Waals surface area contributed by atoms with Crippen molar-refractivity contribution in [3.05, 3.63) is 41.5 Å². The van der Waals surface area contributed by atoms with Gasteiger partial charge in [0.25, 0.3) is 5.91 Å². The van der Waals surface area contributed by atoms with Crippen LogP contribution in [0.4, 0.5) is 4.79 Å². The van der Waals surface area contributed by atoms with Gasteiger partial charge in [-0.25, -0.2) is 4.79 Å². The summed E-state index contributed by atoms with van der Waals surface area (Å²) >= 11 is 0.